The van der Waals surface area contributed by atoms with E-state index in [1.54, 1.807) is 11.6 Å². The van der Waals surface area contributed by atoms with Crippen molar-refractivity contribution in [3.05, 3.63) is 11.4 Å². The van der Waals surface area contributed by atoms with Gasteiger partial charge in [-0.15, -0.1) is 0 Å². The fourth-order valence-electron chi connectivity index (χ4n) is 1.60. The molecule has 0 aromatic carbocycles. The van der Waals surface area contributed by atoms with Gasteiger partial charge in [0.05, 0.1) is 30.2 Å². The second kappa shape index (κ2) is 5.39. The summed E-state index contributed by atoms with van der Waals surface area (Å²) in [5.41, 5.74) is 1.60. The molecule has 0 radical (unpaired) electrons. The zero-order valence-corrected chi connectivity index (χ0v) is 11.6. The summed E-state index contributed by atoms with van der Waals surface area (Å²) < 4.78 is 6.84. The lowest BCUT2D eigenvalue weighted by molar-refractivity contribution is 0.0635. The highest BCUT2D eigenvalue weighted by Gasteiger charge is 2.19. The number of carbonyl (C=O) groups excluding carboxylic acids is 1. The molecule has 1 heterocycles. The molecule has 0 unspecified atom stereocenters. The van der Waals surface area contributed by atoms with Crippen LogP contribution in [0.2, 0.25) is 0 Å². The van der Waals surface area contributed by atoms with Crippen LogP contribution in [0.1, 0.15) is 32.2 Å². The van der Waals surface area contributed by atoms with E-state index in [9.17, 15) is 4.79 Å². The number of aryl methyl sites for hydroxylation is 1. The standard InChI is InChI=1S/C12H21N3O3/c1-8-10(9(2)15(14-8)6-7-16)13-11(17)18-12(3,4)5/h16H,6-7H2,1-5H3,(H,13,17). The van der Waals surface area contributed by atoms with E-state index in [1.165, 1.54) is 0 Å². The monoisotopic (exact) mass is 255 g/mol. The first-order valence-electron chi connectivity index (χ1n) is 5.89. The maximum Gasteiger partial charge on any atom is 0.412 e. The minimum absolute atomic E-state index is 0.00778. The summed E-state index contributed by atoms with van der Waals surface area (Å²) in [6.45, 7) is 9.47. The molecular formula is C12H21N3O3. The topological polar surface area (TPSA) is 76.4 Å². The van der Waals surface area contributed by atoms with Gasteiger partial charge in [0.2, 0.25) is 0 Å². The number of ether oxygens (including phenoxy) is 1. The molecule has 0 fully saturated rings. The third-order valence-electron chi connectivity index (χ3n) is 2.32. The Morgan fingerprint density at radius 3 is 2.56 bits per heavy atom. The predicted molar refractivity (Wildman–Crippen MR) is 68.6 cm³/mol. The minimum Gasteiger partial charge on any atom is -0.444 e. The highest BCUT2D eigenvalue weighted by Crippen LogP contribution is 2.20. The van der Waals surface area contributed by atoms with Crippen molar-refractivity contribution in [3.63, 3.8) is 0 Å². The number of aliphatic hydroxyl groups excluding tert-OH is 1. The smallest absolute Gasteiger partial charge is 0.412 e. The van der Waals surface area contributed by atoms with E-state index < -0.39 is 11.7 Å². The van der Waals surface area contributed by atoms with Crippen LogP contribution in [0.15, 0.2) is 0 Å². The number of aromatic nitrogens is 2. The van der Waals surface area contributed by atoms with Crippen LogP contribution in [-0.2, 0) is 11.3 Å². The third-order valence-corrected chi connectivity index (χ3v) is 2.32. The Morgan fingerprint density at radius 2 is 2.06 bits per heavy atom. The number of anilines is 1. The summed E-state index contributed by atoms with van der Waals surface area (Å²) in [6, 6.07) is 0. The van der Waals surface area contributed by atoms with Gasteiger partial charge in [0.1, 0.15) is 5.60 Å². The summed E-state index contributed by atoms with van der Waals surface area (Å²) in [4.78, 5) is 11.7. The summed E-state index contributed by atoms with van der Waals surface area (Å²) >= 11 is 0. The summed E-state index contributed by atoms with van der Waals surface area (Å²) in [5, 5.41) is 15.8. The van der Waals surface area contributed by atoms with Crippen molar-refractivity contribution in [3.8, 4) is 0 Å². The van der Waals surface area contributed by atoms with Crippen molar-refractivity contribution >= 4 is 11.8 Å². The van der Waals surface area contributed by atoms with E-state index in [4.69, 9.17) is 9.84 Å². The average molecular weight is 255 g/mol. The Hall–Kier alpha value is -1.56. The highest BCUT2D eigenvalue weighted by atomic mass is 16.6. The van der Waals surface area contributed by atoms with Crippen LogP contribution in [0.5, 0.6) is 0 Å². The molecule has 0 aliphatic rings. The number of nitrogens with one attached hydrogen (secondary N) is 1. The molecule has 1 rings (SSSR count). The van der Waals surface area contributed by atoms with Crippen LogP contribution >= 0.6 is 0 Å². The van der Waals surface area contributed by atoms with Gasteiger partial charge >= 0.3 is 6.09 Å². The molecule has 2 N–H and O–H groups in total. The third kappa shape index (κ3) is 3.73. The Morgan fingerprint density at radius 1 is 1.44 bits per heavy atom. The van der Waals surface area contributed by atoms with E-state index in [0.717, 1.165) is 5.69 Å². The molecule has 102 valence electrons. The maximum atomic E-state index is 11.7. The second-order valence-electron chi connectivity index (χ2n) is 5.12. The van der Waals surface area contributed by atoms with Crippen LogP contribution in [0.3, 0.4) is 0 Å². The van der Waals surface area contributed by atoms with Crippen molar-refractivity contribution in [2.24, 2.45) is 0 Å². The number of amides is 1. The van der Waals surface area contributed by atoms with Crippen molar-refractivity contribution in [1.29, 1.82) is 0 Å². The molecule has 0 saturated heterocycles. The van der Waals surface area contributed by atoms with Crippen LogP contribution in [0, 0.1) is 13.8 Å². The van der Waals surface area contributed by atoms with Gasteiger partial charge in [0, 0.05) is 0 Å². The van der Waals surface area contributed by atoms with Crippen molar-refractivity contribution in [2.75, 3.05) is 11.9 Å². The van der Waals surface area contributed by atoms with Crippen molar-refractivity contribution in [1.82, 2.24) is 9.78 Å². The number of carbonyl (C=O) groups is 1. The molecular weight excluding hydrogens is 234 g/mol. The zero-order chi connectivity index (χ0) is 13.9. The molecule has 1 amide bonds. The Labute approximate surface area is 107 Å². The van der Waals surface area contributed by atoms with Gasteiger partial charge in [0.15, 0.2) is 0 Å². The van der Waals surface area contributed by atoms with Gasteiger partial charge in [0.25, 0.3) is 0 Å². The lowest BCUT2D eigenvalue weighted by Crippen LogP contribution is -2.27. The molecule has 1 aromatic rings. The van der Waals surface area contributed by atoms with Crippen LogP contribution in [-0.4, -0.2) is 33.2 Å². The minimum atomic E-state index is -0.535. The van der Waals surface area contributed by atoms with Crippen LogP contribution < -0.4 is 5.32 Å². The summed E-state index contributed by atoms with van der Waals surface area (Å²) in [6.07, 6.45) is -0.503. The average Bonchev–Trinajstić information content (AvgIpc) is 2.44. The molecule has 0 atom stereocenters. The Bertz CT molecular complexity index is 433. The first-order valence-corrected chi connectivity index (χ1v) is 5.89. The summed E-state index contributed by atoms with van der Waals surface area (Å²) in [7, 11) is 0. The number of hydrogen-bond donors (Lipinski definition) is 2. The van der Waals surface area contributed by atoms with Gasteiger partial charge < -0.3 is 9.84 Å². The number of aliphatic hydroxyl groups is 1. The lowest BCUT2D eigenvalue weighted by atomic mass is 10.2. The van der Waals surface area contributed by atoms with Gasteiger partial charge in [-0.05, 0) is 34.6 Å². The van der Waals surface area contributed by atoms with E-state index in [1.807, 2.05) is 27.7 Å². The molecule has 6 nitrogen and oxygen atoms in total. The molecule has 0 aliphatic carbocycles. The molecule has 1 aromatic heterocycles. The summed E-state index contributed by atoms with van der Waals surface area (Å²) in [5.74, 6) is 0. The maximum absolute atomic E-state index is 11.7. The second-order valence-corrected chi connectivity index (χ2v) is 5.12. The molecule has 6 heteroatoms. The Kier molecular flexibility index (Phi) is 4.34. The SMILES string of the molecule is Cc1nn(CCO)c(C)c1NC(=O)OC(C)(C)C. The number of rotatable bonds is 3. The van der Waals surface area contributed by atoms with Crippen LogP contribution in [0.25, 0.3) is 0 Å². The van der Waals surface area contributed by atoms with Gasteiger partial charge in [-0.3, -0.25) is 10.00 Å². The van der Waals surface area contributed by atoms with E-state index in [0.29, 0.717) is 17.9 Å². The highest BCUT2D eigenvalue weighted by molar-refractivity contribution is 5.86. The largest absolute Gasteiger partial charge is 0.444 e. The molecule has 0 saturated carbocycles. The fraction of sp³-hybridized carbons (Fsp3) is 0.667. The first-order chi connectivity index (χ1) is 8.24. The zero-order valence-electron chi connectivity index (χ0n) is 11.6. The van der Waals surface area contributed by atoms with Crippen LogP contribution in [0.4, 0.5) is 10.5 Å². The van der Waals surface area contributed by atoms with Crippen molar-refractivity contribution < 1.29 is 14.6 Å². The van der Waals surface area contributed by atoms with Crippen molar-refractivity contribution in [2.45, 2.75) is 46.8 Å². The fourth-order valence-corrected chi connectivity index (χ4v) is 1.60. The van der Waals surface area contributed by atoms with Gasteiger partial charge in [-0.2, -0.15) is 5.10 Å². The van der Waals surface area contributed by atoms with E-state index in [-0.39, 0.29) is 6.61 Å². The molecule has 18 heavy (non-hydrogen) atoms. The van der Waals surface area contributed by atoms with Gasteiger partial charge in [-0.1, -0.05) is 0 Å². The molecule has 0 bridgehead atoms. The molecule has 0 spiro atoms. The Balaban J connectivity index is 2.82. The number of hydrogen-bond acceptors (Lipinski definition) is 4. The quantitative estimate of drug-likeness (QED) is 0.864. The molecule has 0 aliphatic heterocycles. The van der Waals surface area contributed by atoms with E-state index >= 15 is 0 Å². The van der Waals surface area contributed by atoms with Gasteiger partial charge in [-0.25, -0.2) is 4.79 Å². The van der Waals surface area contributed by atoms with E-state index in [2.05, 4.69) is 10.4 Å². The first kappa shape index (κ1) is 14.5. The number of nitrogens with zero attached hydrogens (tertiary/aromatic N) is 2. The normalized spacial score (nSPS) is 11.4. The predicted octanol–water partition coefficient (Wildman–Crippen LogP) is 1.84. The lowest BCUT2D eigenvalue weighted by Gasteiger charge is -2.19.